The van der Waals surface area contributed by atoms with Crippen LogP contribution in [0.5, 0.6) is 11.5 Å². The van der Waals surface area contributed by atoms with Crippen molar-refractivity contribution >= 4 is 44.4 Å². The number of carbonyl (C=O) groups excluding carboxylic acids is 2. The summed E-state index contributed by atoms with van der Waals surface area (Å²) in [5.41, 5.74) is 0.829. The first kappa shape index (κ1) is 17.0. The van der Waals surface area contributed by atoms with E-state index >= 15 is 0 Å². The fourth-order valence-corrected chi connectivity index (χ4v) is 3.75. The maximum Gasteiger partial charge on any atom is 0.228 e. The van der Waals surface area contributed by atoms with Crippen molar-refractivity contribution in [1.82, 2.24) is 0 Å². The molecule has 24 heavy (non-hydrogen) atoms. The average Bonchev–Trinajstić information content (AvgIpc) is 2.90. The average molecular weight is 406 g/mol. The molecule has 0 saturated carbocycles. The summed E-state index contributed by atoms with van der Waals surface area (Å²) in [5, 5.41) is 0.0848. The summed E-state index contributed by atoms with van der Waals surface area (Å²) in [6.07, 6.45) is 0.404. The van der Waals surface area contributed by atoms with Gasteiger partial charge >= 0.3 is 0 Å². The molecule has 0 bridgehead atoms. The molecule has 0 aromatic heterocycles. The van der Waals surface area contributed by atoms with Crippen LogP contribution in [0, 0.1) is 0 Å². The molecule has 0 aliphatic carbocycles. The van der Waals surface area contributed by atoms with Crippen LogP contribution in [-0.2, 0) is 9.59 Å². The van der Waals surface area contributed by atoms with Gasteiger partial charge in [-0.2, -0.15) is 0 Å². The summed E-state index contributed by atoms with van der Waals surface area (Å²) >= 11 is 4.63. The minimum Gasteiger partial charge on any atom is -0.457 e. The molecule has 1 saturated heterocycles. The summed E-state index contributed by atoms with van der Waals surface area (Å²) in [6, 6.07) is 15.0. The van der Waals surface area contributed by atoms with Crippen molar-refractivity contribution < 1.29 is 14.3 Å². The highest BCUT2D eigenvalue weighted by Gasteiger charge is 2.31. The fraction of sp³-hybridized carbons (Fsp3) is 0.222. The molecule has 0 spiro atoms. The van der Waals surface area contributed by atoms with E-state index in [-0.39, 0.29) is 16.3 Å². The topological polar surface area (TPSA) is 46.6 Å². The summed E-state index contributed by atoms with van der Waals surface area (Å²) in [5.74, 6) is 1.51. The van der Waals surface area contributed by atoms with Crippen LogP contribution in [0.25, 0.3) is 0 Å². The van der Waals surface area contributed by atoms with E-state index in [2.05, 4.69) is 15.9 Å². The monoisotopic (exact) mass is 405 g/mol. The molecule has 124 valence electrons. The van der Waals surface area contributed by atoms with Gasteiger partial charge in [0.25, 0.3) is 0 Å². The van der Waals surface area contributed by atoms with Crippen LogP contribution in [-0.4, -0.2) is 22.8 Å². The van der Waals surface area contributed by atoms with E-state index in [9.17, 15) is 9.59 Å². The van der Waals surface area contributed by atoms with Gasteiger partial charge in [0.1, 0.15) is 11.5 Å². The number of halogens is 1. The van der Waals surface area contributed by atoms with Gasteiger partial charge in [-0.1, -0.05) is 27.7 Å². The number of carbonyl (C=O) groups is 2. The second-order valence-electron chi connectivity index (χ2n) is 5.49. The molecule has 0 N–H and O–H groups in total. The lowest BCUT2D eigenvalue weighted by atomic mass is 10.2. The van der Waals surface area contributed by atoms with Gasteiger partial charge in [0.15, 0.2) is 5.12 Å². The normalized spacial score (nSPS) is 17.2. The molecule has 1 aliphatic heterocycles. The van der Waals surface area contributed by atoms with Crippen LogP contribution >= 0.6 is 27.7 Å². The fourth-order valence-electron chi connectivity index (χ4n) is 2.57. The third-order valence-corrected chi connectivity index (χ3v) is 5.13. The van der Waals surface area contributed by atoms with Gasteiger partial charge < -0.3 is 9.64 Å². The Morgan fingerprint density at radius 1 is 1.12 bits per heavy atom. The van der Waals surface area contributed by atoms with E-state index in [4.69, 9.17) is 4.74 Å². The van der Waals surface area contributed by atoms with Crippen LogP contribution in [0.3, 0.4) is 0 Å². The SMILES string of the molecule is CC(=O)SC1CC(=O)N(c2ccc(Oc3ccc(Br)cc3)cc2)C1. The van der Waals surface area contributed by atoms with Crippen molar-refractivity contribution in [2.75, 3.05) is 11.4 Å². The van der Waals surface area contributed by atoms with Crippen molar-refractivity contribution in [3.05, 3.63) is 53.0 Å². The Hall–Kier alpha value is -1.79. The predicted octanol–water partition coefficient (Wildman–Crippen LogP) is 4.63. The largest absolute Gasteiger partial charge is 0.457 e. The molecule has 1 amide bonds. The highest BCUT2D eigenvalue weighted by atomic mass is 79.9. The Morgan fingerprint density at radius 2 is 1.71 bits per heavy atom. The van der Waals surface area contributed by atoms with E-state index in [1.165, 1.54) is 18.7 Å². The summed E-state index contributed by atoms with van der Waals surface area (Å²) in [7, 11) is 0. The molecule has 2 aromatic rings. The molecule has 1 aliphatic rings. The number of benzene rings is 2. The third-order valence-electron chi connectivity index (χ3n) is 3.62. The number of amides is 1. The number of hydrogen-bond acceptors (Lipinski definition) is 4. The maximum atomic E-state index is 12.1. The lowest BCUT2D eigenvalue weighted by Crippen LogP contribution is -2.24. The molecule has 1 fully saturated rings. The maximum absolute atomic E-state index is 12.1. The van der Waals surface area contributed by atoms with E-state index < -0.39 is 0 Å². The van der Waals surface area contributed by atoms with E-state index in [1.54, 1.807) is 4.90 Å². The standard InChI is InChI=1S/C18H16BrNO3S/c1-12(21)24-17-10-18(22)20(11-17)14-4-8-16(9-5-14)23-15-6-2-13(19)3-7-15/h2-9,17H,10-11H2,1H3. The Balaban J connectivity index is 1.67. The van der Waals surface area contributed by atoms with Gasteiger partial charge in [-0.25, -0.2) is 0 Å². The smallest absolute Gasteiger partial charge is 0.228 e. The van der Waals surface area contributed by atoms with Gasteiger partial charge in [0.05, 0.1) is 0 Å². The number of ether oxygens (including phenoxy) is 1. The minimum absolute atomic E-state index is 0.0358. The number of anilines is 1. The number of rotatable bonds is 4. The molecular weight excluding hydrogens is 390 g/mol. The highest BCUT2D eigenvalue weighted by Crippen LogP contribution is 2.30. The highest BCUT2D eigenvalue weighted by molar-refractivity contribution is 9.10. The minimum atomic E-state index is 0.0358. The van der Waals surface area contributed by atoms with Gasteiger partial charge in [-0.15, -0.1) is 0 Å². The van der Waals surface area contributed by atoms with Crippen molar-refractivity contribution in [1.29, 1.82) is 0 Å². The molecule has 6 heteroatoms. The zero-order valence-corrected chi connectivity index (χ0v) is 15.5. The molecule has 0 radical (unpaired) electrons. The lowest BCUT2D eigenvalue weighted by Gasteiger charge is -2.17. The quantitative estimate of drug-likeness (QED) is 0.743. The Morgan fingerprint density at radius 3 is 2.29 bits per heavy atom. The first-order valence-corrected chi connectivity index (χ1v) is 9.19. The summed E-state index contributed by atoms with van der Waals surface area (Å²) in [6.45, 7) is 2.10. The zero-order chi connectivity index (χ0) is 17.1. The molecule has 1 atom stereocenters. The Labute approximate surface area is 153 Å². The van der Waals surface area contributed by atoms with Gasteiger partial charge in [0.2, 0.25) is 5.91 Å². The molecule has 2 aromatic carbocycles. The first-order valence-electron chi connectivity index (χ1n) is 7.52. The lowest BCUT2D eigenvalue weighted by molar-refractivity contribution is -0.117. The Kier molecular flexibility index (Phi) is 5.26. The molecule has 1 unspecified atom stereocenters. The predicted molar refractivity (Wildman–Crippen MR) is 99.7 cm³/mol. The van der Waals surface area contributed by atoms with E-state index in [0.29, 0.717) is 18.7 Å². The third kappa shape index (κ3) is 4.19. The molecule has 4 nitrogen and oxygen atoms in total. The van der Waals surface area contributed by atoms with Crippen molar-refractivity contribution in [2.24, 2.45) is 0 Å². The van der Waals surface area contributed by atoms with Crippen molar-refractivity contribution in [2.45, 2.75) is 18.6 Å². The van der Waals surface area contributed by atoms with Crippen LogP contribution in [0.2, 0.25) is 0 Å². The molecule has 3 rings (SSSR count). The van der Waals surface area contributed by atoms with Gasteiger partial charge in [-0.3, -0.25) is 9.59 Å². The first-order chi connectivity index (χ1) is 11.5. The van der Waals surface area contributed by atoms with Gasteiger partial charge in [0, 0.05) is 35.3 Å². The number of hydrogen-bond donors (Lipinski definition) is 0. The molecule has 1 heterocycles. The second kappa shape index (κ2) is 7.40. The van der Waals surface area contributed by atoms with E-state index in [1.807, 2.05) is 48.5 Å². The van der Waals surface area contributed by atoms with Crippen LogP contribution in [0.1, 0.15) is 13.3 Å². The number of thioether (sulfide) groups is 1. The van der Waals surface area contributed by atoms with Crippen LogP contribution in [0.15, 0.2) is 53.0 Å². The molecular formula is C18H16BrNO3S. The van der Waals surface area contributed by atoms with Gasteiger partial charge in [-0.05, 0) is 48.5 Å². The van der Waals surface area contributed by atoms with Crippen molar-refractivity contribution in [3.8, 4) is 11.5 Å². The second-order valence-corrected chi connectivity index (χ2v) is 7.88. The van der Waals surface area contributed by atoms with Crippen LogP contribution < -0.4 is 9.64 Å². The summed E-state index contributed by atoms with van der Waals surface area (Å²) in [4.78, 5) is 25.1. The van der Waals surface area contributed by atoms with Crippen LogP contribution in [0.4, 0.5) is 5.69 Å². The van der Waals surface area contributed by atoms with Crippen molar-refractivity contribution in [3.63, 3.8) is 0 Å². The van der Waals surface area contributed by atoms with E-state index in [0.717, 1.165) is 15.9 Å². The summed E-state index contributed by atoms with van der Waals surface area (Å²) < 4.78 is 6.77. The Bertz CT molecular complexity index is 746. The number of nitrogens with zero attached hydrogens (tertiary/aromatic N) is 1. The zero-order valence-electron chi connectivity index (χ0n) is 13.1.